The quantitative estimate of drug-likeness (QED) is 0.822. The van der Waals surface area contributed by atoms with Gasteiger partial charge in [-0.1, -0.05) is 17.7 Å². The summed E-state index contributed by atoms with van der Waals surface area (Å²) < 4.78 is 15.1. The fraction of sp³-hybridized carbons (Fsp3) is 0.333. The lowest BCUT2D eigenvalue weighted by Crippen LogP contribution is -2.06. The monoisotopic (exact) mass is 369 g/mol. The largest absolute Gasteiger partial charge is 0.369 e. The number of nitrogens with zero attached hydrogens (tertiary/aromatic N) is 2. The summed E-state index contributed by atoms with van der Waals surface area (Å²) in [6, 6.07) is 4.87. The molecule has 0 saturated heterocycles. The molecule has 1 N–H and O–H groups in total. The molecule has 1 aliphatic rings. The summed E-state index contributed by atoms with van der Waals surface area (Å²) >= 11 is 9.41. The third kappa shape index (κ3) is 2.90. The predicted molar refractivity (Wildman–Crippen MR) is 86.3 cm³/mol. The lowest BCUT2D eigenvalue weighted by atomic mass is 10.2. The van der Waals surface area contributed by atoms with Crippen molar-refractivity contribution in [1.82, 2.24) is 9.97 Å². The van der Waals surface area contributed by atoms with Crippen molar-refractivity contribution in [2.24, 2.45) is 0 Å². The van der Waals surface area contributed by atoms with Crippen LogP contribution in [0.2, 0.25) is 5.02 Å². The second-order valence-electron chi connectivity index (χ2n) is 5.00. The molecule has 1 fully saturated rings. The average Bonchev–Trinajstić information content (AvgIpc) is 3.29. The second-order valence-corrected chi connectivity index (χ2v) is 6.20. The highest BCUT2D eigenvalue weighted by Crippen LogP contribution is 2.44. The van der Waals surface area contributed by atoms with E-state index in [1.165, 1.54) is 6.07 Å². The van der Waals surface area contributed by atoms with Crippen LogP contribution in [0, 0.1) is 5.82 Å². The molecule has 2 aromatic rings. The molecule has 0 aliphatic heterocycles. The molecule has 0 bridgehead atoms. The van der Waals surface area contributed by atoms with Gasteiger partial charge >= 0.3 is 0 Å². The second kappa shape index (κ2) is 5.89. The molecule has 3 nitrogen and oxygen atoms in total. The highest BCUT2D eigenvalue weighted by atomic mass is 79.9. The van der Waals surface area contributed by atoms with Crippen LogP contribution in [0.5, 0.6) is 0 Å². The Morgan fingerprint density at radius 3 is 2.81 bits per heavy atom. The summed E-state index contributed by atoms with van der Waals surface area (Å²) in [5.41, 5.74) is 1.27. The highest BCUT2D eigenvalue weighted by Gasteiger charge is 2.30. The fourth-order valence-electron chi connectivity index (χ4n) is 2.17. The fourth-order valence-corrected chi connectivity index (χ4v) is 2.99. The SMILES string of the molecule is CCNc1nc(-c2cccc(Cl)c2F)nc(C2CC2)c1Br. The molecule has 0 unspecified atom stereocenters. The summed E-state index contributed by atoms with van der Waals surface area (Å²) in [7, 11) is 0. The number of rotatable bonds is 4. The molecule has 0 spiro atoms. The molecule has 1 aliphatic carbocycles. The average molecular weight is 371 g/mol. The number of aromatic nitrogens is 2. The van der Waals surface area contributed by atoms with Gasteiger partial charge in [0.15, 0.2) is 11.6 Å². The maximum Gasteiger partial charge on any atom is 0.164 e. The number of anilines is 1. The van der Waals surface area contributed by atoms with E-state index in [0.717, 1.165) is 29.6 Å². The van der Waals surface area contributed by atoms with Gasteiger partial charge < -0.3 is 5.32 Å². The predicted octanol–water partition coefficient (Wildman–Crippen LogP) is 5.01. The van der Waals surface area contributed by atoms with Gasteiger partial charge in [0, 0.05) is 12.5 Å². The third-order valence-electron chi connectivity index (χ3n) is 3.38. The Morgan fingerprint density at radius 1 is 1.38 bits per heavy atom. The molecule has 3 rings (SSSR count). The normalized spacial score (nSPS) is 14.3. The van der Waals surface area contributed by atoms with Gasteiger partial charge in [0.05, 0.1) is 20.8 Å². The van der Waals surface area contributed by atoms with Crippen LogP contribution < -0.4 is 5.32 Å². The number of hydrogen-bond acceptors (Lipinski definition) is 3. The van der Waals surface area contributed by atoms with Crippen LogP contribution in [0.15, 0.2) is 22.7 Å². The zero-order valence-electron chi connectivity index (χ0n) is 11.5. The van der Waals surface area contributed by atoms with E-state index in [1.807, 2.05) is 6.92 Å². The molecule has 110 valence electrons. The van der Waals surface area contributed by atoms with Crippen LogP contribution in [-0.4, -0.2) is 16.5 Å². The smallest absolute Gasteiger partial charge is 0.164 e. The van der Waals surface area contributed by atoms with Crippen LogP contribution in [0.25, 0.3) is 11.4 Å². The molecule has 1 aromatic carbocycles. The Bertz CT molecular complexity index is 689. The van der Waals surface area contributed by atoms with Gasteiger partial charge in [-0.15, -0.1) is 0 Å². The molecule has 21 heavy (non-hydrogen) atoms. The molecule has 1 saturated carbocycles. The summed E-state index contributed by atoms with van der Waals surface area (Å²) in [5.74, 6) is 1.02. The van der Waals surface area contributed by atoms with Crippen molar-refractivity contribution in [3.63, 3.8) is 0 Å². The van der Waals surface area contributed by atoms with Crippen molar-refractivity contribution in [2.45, 2.75) is 25.7 Å². The minimum absolute atomic E-state index is 0.0805. The minimum atomic E-state index is -0.481. The first kappa shape index (κ1) is 14.7. The lowest BCUT2D eigenvalue weighted by Gasteiger charge is -2.12. The molecular weight excluding hydrogens is 357 g/mol. The zero-order chi connectivity index (χ0) is 15.0. The first-order valence-corrected chi connectivity index (χ1v) is 8.04. The maximum absolute atomic E-state index is 14.2. The zero-order valence-corrected chi connectivity index (χ0v) is 13.8. The highest BCUT2D eigenvalue weighted by molar-refractivity contribution is 9.10. The van der Waals surface area contributed by atoms with Crippen LogP contribution in [0.4, 0.5) is 10.2 Å². The van der Waals surface area contributed by atoms with Crippen molar-refractivity contribution >= 4 is 33.3 Å². The number of benzene rings is 1. The Balaban J connectivity index is 2.15. The van der Waals surface area contributed by atoms with Crippen LogP contribution in [0.1, 0.15) is 31.4 Å². The van der Waals surface area contributed by atoms with E-state index in [-0.39, 0.29) is 5.02 Å². The van der Waals surface area contributed by atoms with E-state index in [1.54, 1.807) is 12.1 Å². The standard InChI is InChI=1S/C15H14BrClFN3/c1-2-19-15-11(16)13(8-6-7-8)20-14(21-15)9-4-3-5-10(17)12(9)18/h3-5,8H,2,6-7H2,1H3,(H,19,20,21). The van der Waals surface area contributed by atoms with Gasteiger partial charge in [0.1, 0.15) is 5.82 Å². The van der Waals surface area contributed by atoms with Gasteiger partial charge in [-0.2, -0.15) is 0 Å². The Hall–Kier alpha value is -1.20. The van der Waals surface area contributed by atoms with Crippen molar-refractivity contribution < 1.29 is 4.39 Å². The van der Waals surface area contributed by atoms with E-state index < -0.39 is 5.82 Å². The Morgan fingerprint density at radius 2 is 2.14 bits per heavy atom. The lowest BCUT2D eigenvalue weighted by molar-refractivity contribution is 0.630. The molecule has 1 heterocycles. The molecule has 6 heteroatoms. The van der Waals surface area contributed by atoms with E-state index >= 15 is 0 Å². The Kier molecular flexibility index (Phi) is 4.13. The summed E-state index contributed by atoms with van der Waals surface area (Å²) in [6.07, 6.45) is 2.22. The minimum Gasteiger partial charge on any atom is -0.369 e. The summed E-state index contributed by atoms with van der Waals surface area (Å²) in [4.78, 5) is 8.99. The first-order chi connectivity index (χ1) is 10.1. The maximum atomic E-state index is 14.2. The van der Waals surface area contributed by atoms with E-state index in [0.29, 0.717) is 23.1 Å². The Labute approximate surface area is 136 Å². The van der Waals surface area contributed by atoms with Crippen LogP contribution >= 0.6 is 27.5 Å². The van der Waals surface area contributed by atoms with Gasteiger partial charge in [-0.25, -0.2) is 14.4 Å². The van der Waals surface area contributed by atoms with E-state index in [9.17, 15) is 4.39 Å². The molecule has 0 amide bonds. The van der Waals surface area contributed by atoms with Gasteiger partial charge in [0.2, 0.25) is 0 Å². The number of nitrogens with one attached hydrogen (secondary N) is 1. The summed E-state index contributed by atoms with van der Waals surface area (Å²) in [6.45, 7) is 2.72. The van der Waals surface area contributed by atoms with Crippen molar-refractivity contribution in [3.8, 4) is 11.4 Å². The van der Waals surface area contributed by atoms with Crippen LogP contribution in [-0.2, 0) is 0 Å². The molecule has 1 aromatic heterocycles. The number of hydrogen-bond donors (Lipinski definition) is 1. The molecular formula is C15H14BrClFN3. The molecule has 0 radical (unpaired) electrons. The number of halogens is 3. The van der Waals surface area contributed by atoms with Crippen molar-refractivity contribution in [2.75, 3.05) is 11.9 Å². The topological polar surface area (TPSA) is 37.8 Å². The van der Waals surface area contributed by atoms with Crippen molar-refractivity contribution in [1.29, 1.82) is 0 Å². The van der Waals surface area contributed by atoms with E-state index in [2.05, 4.69) is 31.2 Å². The van der Waals surface area contributed by atoms with Crippen molar-refractivity contribution in [3.05, 3.63) is 39.2 Å². The molecule has 0 atom stereocenters. The summed E-state index contributed by atoms with van der Waals surface area (Å²) in [5, 5.41) is 3.27. The van der Waals surface area contributed by atoms with Gasteiger partial charge in [0.25, 0.3) is 0 Å². The van der Waals surface area contributed by atoms with Gasteiger partial charge in [-0.3, -0.25) is 0 Å². The third-order valence-corrected chi connectivity index (χ3v) is 4.45. The van der Waals surface area contributed by atoms with Crippen LogP contribution in [0.3, 0.4) is 0 Å². The van der Waals surface area contributed by atoms with E-state index in [4.69, 9.17) is 11.6 Å². The van der Waals surface area contributed by atoms with Gasteiger partial charge in [-0.05, 0) is 47.8 Å². The first-order valence-electron chi connectivity index (χ1n) is 6.87.